The minimum Gasteiger partial charge on any atom is -0.399 e. The van der Waals surface area contributed by atoms with Gasteiger partial charge in [0, 0.05) is 24.3 Å². The molecule has 110 valence electrons. The molecule has 1 amide bonds. The number of halogens is 1. The maximum absolute atomic E-state index is 12.0. The Kier molecular flexibility index (Phi) is 4.94. The molecular formula is C14H15IN4O2. The highest BCUT2D eigenvalue weighted by Crippen LogP contribution is 2.12. The average molecular weight is 398 g/mol. The Hall–Kier alpha value is -1.90. The molecule has 21 heavy (non-hydrogen) atoms. The van der Waals surface area contributed by atoms with Gasteiger partial charge in [0.15, 0.2) is 0 Å². The number of nitrogen functional groups attached to an aromatic ring is 1. The molecule has 0 radical (unpaired) electrons. The van der Waals surface area contributed by atoms with Gasteiger partial charge < -0.3 is 11.1 Å². The van der Waals surface area contributed by atoms with Crippen molar-refractivity contribution in [2.24, 2.45) is 0 Å². The summed E-state index contributed by atoms with van der Waals surface area (Å²) in [6, 6.07) is 6.95. The van der Waals surface area contributed by atoms with E-state index in [1.807, 2.05) is 22.6 Å². The number of carbonyl (C=O) groups excluding carboxylic acids is 1. The highest BCUT2D eigenvalue weighted by Gasteiger charge is 2.08. The van der Waals surface area contributed by atoms with Crippen LogP contribution in [0.5, 0.6) is 0 Å². The molecule has 6 nitrogen and oxygen atoms in total. The Labute approximate surface area is 135 Å². The number of amides is 1. The Balaban J connectivity index is 1.99. The van der Waals surface area contributed by atoms with E-state index in [1.165, 1.54) is 10.9 Å². The number of anilines is 2. The number of aromatic nitrogens is 2. The van der Waals surface area contributed by atoms with Crippen LogP contribution in [0.2, 0.25) is 0 Å². The first-order chi connectivity index (χ1) is 9.97. The van der Waals surface area contributed by atoms with Gasteiger partial charge in [-0.25, -0.2) is 4.98 Å². The van der Waals surface area contributed by atoms with E-state index in [2.05, 4.69) is 10.3 Å². The van der Waals surface area contributed by atoms with E-state index in [4.69, 9.17) is 5.73 Å². The molecule has 0 unspecified atom stereocenters. The van der Waals surface area contributed by atoms with Gasteiger partial charge in [-0.15, -0.1) is 0 Å². The third-order valence-electron chi connectivity index (χ3n) is 2.91. The van der Waals surface area contributed by atoms with Gasteiger partial charge in [0.25, 0.3) is 5.56 Å². The van der Waals surface area contributed by atoms with Crippen molar-refractivity contribution < 1.29 is 4.79 Å². The van der Waals surface area contributed by atoms with Crippen LogP contribution < -0.4 is 16.6 Å². The predicted octanol–water partition coefficient (Wildman–Crippen LogP) is 1.77. The van der Waals surface area contributed by atoms with E-state index >= 15 is 0 Å². The topological polar surface area (TPSA) is 90.0 Å². The zero-order chi connectivity index (χ0) is 15.4. The van der Waals surface area contributed by atoms with E-state index in [9.17, 15) is 9.59 Å². The van der Waals surface area contributed by atoms with Gasteiger partial charge in [0.05, 0.1) is 15.6 Å². The van der Waals surface area contributed by atoms with Gasteiger partial charge in [0.2, 0.25) is 5.91 Å². The maximum atomic E-state index is 12.0. The van der Waals surface area contributed by atoms with Crippen LogP contribution in [0, 0.1) is 10.5 Å². The molecule has 1 aromatic carbocycles. The molecular weight excluding hydrogens is 383 g/mol. The normalized spacial score (nSPS) is 10.4. The van der Waals surface area contributed by atoms with Crippen molar-refractivity contribution in [3.8, 4) is 0 Å². The lowest BCUT2D eigenvalue weighted by molar-refractivity contribution is -0.116. The van der Waals surface area contributed by atoms with Gasteiger partial charge in [-0.2, -0.15) is 0 Å². The molecule has 0 aliphatic heterocycles. The lowest BCUT2D eigenvalue weighted by Gasteiger charge is -2.08. The fourth-order valence-corrected chi connectivity index (χ4v) is 2.22. The van der Waals surface area contributed by atoms with Crippen LogP contribution in [0.25, 0.3) is 0 Å². The summed E-state index contributed by atoms with van der Waals surface area (Å²) in [7, 11) is 0. The molecule has 2 aromatic rings. The van der Waals surface area contributed by atoms with Gasteiger partial charge in [-0.1, -0.05) is 6.07 Å². The SMILES string of the molecule is Cc1ncn(CCC(=O)Nc2cccc(N)c2)c(=O)c1I. The average Bonchev–Trinajstić information content (AvgIpc) is 2.44. The van der Waals surface area contributed by atoms with Crippen LogP contribution in [0.3, 0.4) is 0 Å². The molecule has 0 fully saturated rings. The third-order valence-corrected chi connectivity index (χ3v) is 4.15. The van der Waals surface area contributed by atoms with Crippen molar-refractivity contribution in [2.75, 3.05) is 11.1 Å². The highest BCUT2D eigenvalue weighted by atomic mass is 127. The second-order valence-corrected chi connectivity index (χ2v) is 5.64. The molecule has 3 N–H and O–H groups in total. The molecule has 0 saturated carbocycles. The first-order valence-corrected chi connectivity index (χ1v) is 7.42. The van der Waals surface area contributed by atoms with E-state index in [-0.39, 0.29) is 24.4 Å². The number of nitrogens with two attached hydrogens (primary N) is 1. The van der Waals surface area contributed by atoms with Gasteiger partial charge >= 0.3 is 0 Å². The monoisotopic (exact) mass is 398 g/mol. The van der Waals surface area contributed by atoms with Crippen molar-refractivity contribution in [1.82, 2.24) is 9.55 Å². The van der Waals surface area contributed by atoms with Crippen LogP contribution in [-0.4, -0.2) is 15.5 Å². The quantitative estimate of drug-likeness (QED) is 0.607. The summed E-state index contributed by atoms with van der Waals surface area (Å²) in [5.41, 5.74) is 7.44. The summed E-state index contributed by atoms with van der Waals surface area (Å²) < 4.78 is 2.01. The largest absolute Gasteiger partial charge is 0.399 e. The number of rotatable bonds is 4. The first-order valence-electron chi connectivity index (χ1n) is 6.34. The molecule has 0 bridgehead atoms. The minimum absolute atomic E-state index is 0.125. The zero-order valence-corrected chi connectivity index (χ0v) is 13.6. The number of carbonyl (C=O) groups is 1. The van der Waals surface area contributed by atoms with Crippen LogP contribution in [0.1, 0.15) is 12.1 Å². The Bertz CT molecular complexity index is 727. The minimum atomic E-state index is -0.178. The smallest absolute Gasteiger partial charge is 0.267 e. The molecule has 0 aliphatic rings. The van der Waals surface area contributed by atoms with Gasteiger partial charge in [-0.3, -0.25) is 14.2 Å². The van der Waals surface area contributed by atoms with Gasteiger partial charge in [0.1, 0.15) is 0 Å². The van der Waals surface area contributed by atoms with Gasteiger partial charge in [-0.05, 0) is 47.7 Å². The first kappa shape index (κ1) is 15.5. The van der Waals surface area contributed by atoms with Crippen LogP contribution in [-0.2, 0) is 11.3 Å². The van der Waals surface area contributed by atoms with E-state index < -0.39 is 0 Å². The Morgan fingerprint density at radius 2 is 2.24 bits per heavy atom. The van der Waals surface area contributed by atoms with E-state index in [0.717, 1.165) is 0 Å². The highest BCUT2D eigenvalue weighted by molar-refractivity contribution is 14.1. The number of nitrogens with one attached hydrogen (secondary N) is 1. The summed E-state index contributed by atoms with van der Waals surface area (Å²) in [6.45, 7) is 2.07. The molecule has 0 spiro atoms. The number of benzene rings is 1. The number of aryl methyl sites for hydroxylation is 2. The number of hydrogen-bond acceptors (Lipinski definition) is 4. The maximum Gasteiger partial charge on any atom is 0.267 e. The summed E-state index contributed by atoms with van der Waals surface area (Å²) in [5, 5.41) is 2.74. The summed E-state index contributed by atoms with van der Waals surface area (Å²) >= 11 is 1.96. The predicted molar refractivity (Wildman–Crippen MR) is 90.1 cm³/mol. The molecule has 0 atom stereocenters. The third kappa shape index (κ3) is 4.03. The van der Waals surface area contributed by atoms with Crippen molar-refractivity contribution in [3.05, 3.63) is 50.2 Å². The van der Waals surface area contributed by atoms with Crippen LogP contribution >= 0.6 is 22.6 Å². The van der Waals surface area contributed by atoms with Crippen molar-refractivity contribution in [1.29, 1.82) is 0 Å². The second kappa shape index (κ2) is 6.70. The number of hydrogen-bond donors (Lipinski definition) is 2. The second-order valence-electron chi connectivity index (χ2n) is 4.57. The molecule has 0 aliphatic carbocycles. The fourth-order valence-electron chi connectivity index (χ4n) is 1.77. The number of nitrogens with zero attached hydrogens (tertiary/aromatic N) is 2. The summed E-state index contributed by atoms with van der Waals surface area (Å²) in [6.07, 6.45) is 1.66. The molecule has 1 aromatic heterocycles. The molecule has 7 heteroatoms. The Morgan fingerprint density at radius 1 is 1.48 bits per heavy atom. The zero-order valence-electron chi connectivity index (χ0n) is 11.5. The molecule has 2 rings (SSSR count). The lowest BCUT2D eigenvalue weighted by Crippen LogP contribution is -2.26. The Morgan fingerprint density at radius 3 is 2.95 bits per heavy atom. The summed E-state index contributed by atoms with van der Waals surface area (Å²) in [4.78, 5) is 28.0. The van der Waals surface area contributed by atoms with Crippen LogP contribution in [0.4, 0.5) is 11.4 Å². The lowest BCUT2D eigenvalue weighted by atomic mass is 10.2. The van der Waals surface area contributed by atoms with Crippen molar-refractivity contribution in [3.63, 3.8) is 0 Å². The van der Waals surface area contributed by atoms with Crippen LogP contribution in [0.15, 0.2) is 35.4 Å². The summed E-state index contributed by atoms with van der Waals surface area (Å²) in [5.74, 6) is -0.178. The molecule has 0 saturated heterocycles. The fraction of sp³-hybridized carbons (Fsp3) is 0.214. The van der Waals surface area contributed by atoms with E-state index in [0.29, 0.717) is 20.6 Å². The molecule has 1 heterocycles. The standard InChI is InChI=1S/C14H15IN4O2/c1-9-13(15)14(21)19(8-17-9)6-5-12(20)18-11-4-2-3-10(16)7-11/h2-4,7-8H,5-6,16H2,1H3,(H,18,20). The van der Waals surface area contributed by atoms with Crippen molar-refractivity contribution in [2.45, 2.75) is 19.9 Å². The van der Waals surface area contributed by atoms with E-state index in [1.54, 1.807) is 31.2 Å². The van der Waals surface area contributed by atoms with Crippen molar-refractivity contribution >= 4 is 39.9 Å².